The molecule has 3 nitrogen and oxygen atoms in total. The van der Waals surface area contributed by atoms with Crippen LogP contribution in [0.2, 0.25) is 0 Å². The van der Waals surface area contributed by atoms with Gasteiger partial charge in [0.2, 0.25) is 0 Å². The fourth-order valence-electron chi connectivity index (χ4n) is 13.1. The summed E-state index contributed by atoms with van der Waals surface area (Å²) in [5, 5.41) is 2.51. The van der Waals surface area contributed by atoms with Gasteiger partial charge in [0.25, 0.3) is 0 Å². The summed E-state index contributed by atoms with van der Waals surface area (Å²) in [6, 6.07) is 95.7. The number of fused-ring (bicyclic) bond motifs is 14. The topological polar surface area (TPSA) is 11.4 Å². The second-order valence-electron chi connectivity index (χ2n) is 22.7. The van der Waals surface area contributed by atoms with Gasteiger partial charge in [-0.25, -0.2) is 0 Å². The Hall–Kier alpha value is -9.18. The molecule has 0 aliphatic heterocycles. The van der Waals surface area contributed by atoms with Gasteiger partial charge in [-0.15, -0.1) is 0 Å². The molecule has 0 saturated carbocycles. The number of anilines is 6. The van der Waals surface area contributed by atoms with Crippen LogP contribution in [0.5, 0.6) is 0 Å². The van der Waals surface area contributed by atoms with Crippen LogP contribution in [0.15, 0.2) is 255 Å². The lowest BCUT2D eigenvalue weighted by Crippen LogP contribution is -2.26. The van der Waals surface area contributed by atoms with E-state index in [0.29, 0.717) is 5.92 Å². The molecule has 0 bridgehead atoms. The average molecular weight is 1000 g/mol. The third-order valence-electron chi connectivity index (χ3n) is 17.0. The third kappa shape index (κ3) is 7.32. The number of aromatic nitrogens is 1. The van der Waals surface area contributed by atoms with Gasteiger partial charge in [0.15, 0.2) is 0 Å². The first-order chi connectivity index (χ1) is 38.1. The number of hydrogen-bond donors (Lipinski definition) is 0. The molecule has 376 valence electrons. The molecule has 11 aromatic carbocycles. The summed E-state index contributed by atoms with van der Waals surface area (Å²) < 4.78 is 2.45. The van der Waals surface area contributed by atoms with E-state index in [1.807, 2.05) is 0 Å². The number of nitrogens with zero attached hydrogens (tertiary/aromatic N) is 3. The van der Waals surface area contributed by atoms with E-state index in [1.165, 1.54) is 99.7 Å². The molecule has 1 heterocycles. The minimum atomic E-state index is -0.670. The second-order valence-corrected chi connectivity index (χ2v) is 22.7. The Balaban J connectivity index is 1.07. The van der Waals surface area contributed by atoms with Gasteiger partial charge in [-0.1, -0.05) is 217 Å². The highest BCUT2D eigenvalue weighted by molar-refractivity contribution is 6.22. The summed E-state index contributed by atoms with van der Waals surface area (Å²) in [5.41, 5.74) is 26.1. The molecular formula is C75H61N3. The Morgan fingerprint density at radius 2 is 0.859 bits per heavy atom. The largest absolute Gasteiger partial charge is 0.342 e. The summed E-state index contributed by atoms with van der Waals surface area (Å²) in [6.45, 7) is 11.4. The molecule has 0 radical (unpaired) electrons. The molecule has 14 rings (SSSR count). The van der Waals surface area contributed by atoms with Crippen LogP contribution in [-0.2, 0) is 17.9 Å². The van der Waals surface area contributed by atoms with E-state index in [0.717, 1.165) is 34.1 Å². The fourth-order valence-corrected chi connectivity index (χ4v) is 13.1. The van der Waals surface area contributed by atoms with Crippen molar-refractivity contribution < 1.29 is 0 Å². The van der Waals surface area contributed by atoms with Crippen LogP contribution in [0.3, 0.4) is 0 Å². The van der Waals surface area contributed by atoms with Gasteiger partial charge in [0.1, 0.15) is 0 Å². The van der Waals surface area contributed by atoms with E-state index in [9.17, 15) is 0 Å². The van der Waals surface area contributed by atoms with Crippen LogP contribution in [0.4, 0.5) is 34.1 Å². The Morgan fingerprint density at radius 3 is 1.41 bits per heavy atom. The van der Waals surface area contributed by atoms with E-state index in [4.69, 9.17) is 0 Å². The minimum Gasteiger partial charge on any atom is -0.342 e. The maximum atomic E-state index is 2.59. The van der Waals surface area contributed by atoms with Crippen LogP contribution < -0.4 is 9.80 Å². The molecule has 12 aromatic rings. The van der Waals surface area contributed by atoms with Gasteiger partial charge in [0.05, 0.1) is 16.6 Å². The van der Waals surface area contributed by atoms with Crippen molar-refractivity contribution in [2.75, 3.05) is 9.80 Å². The lowest BCUT2D eigenvalue weighted by molar-refractivity contribution is 0.590. The molecule has 2 aliphatic rings. The first kappa shape index (κ1) is 47.3. The van der Waals surface area contributed by atoms with Crippen molar-refractivity contribution in [3.8, 4) is 44.5 Å². The maximum Gasteiger partial charge on any atom is 0.0740 e. The zero-order valence-electron chi connectivity index (χ0n) is 45.2. The Labute approximate surface area is 459 Å². The predicted molar refractivity (Wildman–Crippen MR) is 330 cm³/mol. The molecule has 0 amide bonds. The average Bonchev–Trinajstić information content (AvgIpc) is 2.94. The molecule has 0 N–H and O–H groups in total. The fraction of sp³-hybridized carbons (Fsp3) is 0.120. The normalized spacial score (nSPS) is 13.0. The van der Waals surface area contributed by atoms with E-state index in [-0.39, 0.29) is 5.41 Å². The van der Waals surface area contributed by atoms with Crippen molar-refractivity contribution >= 4 is 55.9 Å². The van der Waals surface area contributed by atoms with Crippen molar-refractivity contribution in [1.29, 1.82) is 0 Å². The number of para-hydroxylation sites is 1. The van der Waals surface area contributed by atoms with Crippen LogP contribution >= 0.6 is 0 Å². The van der Waals surface area contributed by atoms with Gasteiger partial charge in [-0.05, 0) is 162 Å². The van der Waals surface area contributed by atoms with Crippen molar-refractivity contribution in [1.82, 2.24) is 4.57 Å². The minimum absolute atomic E-state index is 0.00361. The number of benzene rings is 11. The lowest BCUT2D eigenvalue weighted by Gasteiger charge is -2.34. The van der Waals surface area contributed by atoms with Crippen LogP contribution in [-0.4, -0.2) is 4.57 Å². The zero-order chi connectivity index (χ0) is 52.9. The van der Waals surface area contributed by atoms with Crippen LogP contribution in [0, 0.1) is 0 Å². The summed E-state index contributed by atoms with van der Waals surface area (Å²) in [5.74, 6) is 0.418. The van der Waals surface area contributed by atoms with Crippen molar-refractivity contribution in [3.63, 3.8) is 0 Å². The van der Waals surface area contributed by atoms with Gasteiger partial charge in [-0.2, -0.15) is 0 Å². The number of hydrogen-bond acceptors (Lipinski definition) is 2. The molecule has 1 aromatic heterocycles. The first-order valence-corrected chi connectivity index (χ1v) is 27.6. The summed E-state index contributed by atoms with van der Waals surface area (Å²) >= 11 is 0. The highest BCUT2D eigenvalue weighted by atomic mass is 15.2. The van der Waals surface area contributed by atoms with E-state index in [1.54, 1.807) is 0 Å². The number of aryl methyl sites for hydroxylation is 1. The third-order valence-corrected chi connectivity index (χ3v) is 17.0. The lowest BCUT2D eigenvalue weighted by atomic mass is 9.70. The quantitative estimate of drug-likeness (QED) is 0.143. The van der Waals surface area contributed by atoms with E-state index >= 15 is 0 Å². The van der Waals surface area contributed by atoms with E-state index in [2.05, 4.69) is 311 Å². The highest BCUT2D eigenvalue weighted by Gasteiger charge is 2.53. The Morgan fingerprint density at radius 1 is 0.397 bits per heavy atom. The van der Waals surface area contributed by atoms with E-state index < -0.39 is 5.41 Å². The zero-order valence-corrected chi connectivity index (χ0v) is 45.2. The molecule has 0 fully saturated rings. The molecule has 0 atom stereocenters. The van der Waals surface area contributed by atoms with Gasteiger partial charge in [0, 0.05) is 51.8 Å². The van der Waals surface area contributed by atoms with Crippen LogP contribution in [0.25, 0.3) is 66.3 Å². The van der Waals surface area contributed by atoms with Gasteiger partial charge in [-0.3, -0.25) is 0 Å². The summed E-state index contributed by atoms with van der Waals surface area (Å²) in [7, 11) is 2.26. The predicted octanol–water partition coefficient (Wildman–Crippen LogP) is 20.4. The number of rotatable bonds is 9. The molecule has 1 spiro atoms. The van der Waals surface area contributed by atoms with Gasteiger partial charge < -0.3 is 14.4 Å². The standard InChI is InChI=1S/C75H61N3/c1-49(2)50-29-37-56(38-30-50)77(57-39-31-53(32-40-57)51-19-9-7-10-20-51)60-45-46-63-67(47-60)75(65-26-16-13-23-61(65)62-24-14-17-27-66(62)75)68-48-70(73-72(71(63)68)64-25-15-18-28-69(64)76(73)6)78(59-43-35-55(36-44-59)74(3,4)5)58-41-33-54(34-42-58)52-21-11-8-12-22-52/h7-49H,1-6H3. The second kappa shape index (κ2) is 18.2. The molecule has 78 heavy (non-hydrogen) atoms. The summed E-state index contributed by atoms with van der Waals surface area (Å²) in [6.07, 6.45) is 0. The van der Waals surface area contributed by atoms with Crippen molar-refractivity contribution in [2.45, 2.75) is 51.4 Å². The highest BCUT2D eigenvalue weighted by Crippen LogP contribution is 2.66. The molecule has 0 unspecified atom stereocenters. The monoisotopic (exact) mass is 1000 g/mol. The molecule has 3 heteroatoms. The molecule has 0 saturated heterocycles. The smallest absolute Gasteiger partial charge is 0.0740 e. The van der Waals surface area contributed by atoms with Crippen molar-refractivity contribution in [3.05, 3.63) is 288 Å². The van der Waals surface area contributed by atoms with Crippen LogP contribution in [0.1, 0.15) is 73.9 Å². The molecular weight excluding hydrogens is 943 g/mol. The Kier molecular flexibility index (Phi) is 11.1. The SMILES string of the molecule is CC(C)c1ccc(N(c2ccc(-c3ccccc3)cc2)c2ccc3c(c2)C2(c4ccccc4-c4ccccc42)c2cc(N(c4ccc(-c5ccccc5)cc4)c4ccc(C(C)(C)C)cc4)c4c(c2-3)c2ccccc2n4C)cc1. The van der Waals surface area contributed by atoms with Crippen molar-refractivity contribution in [2.24, 2.45) is 7.05 Å². The first-order valence-electron chi connectivity index (χ1n) is 27.6. The van der Waals surface area contributed by atoms with Gasteiger partial charge >= 0.3 is 0 Å². The molecule has 2 aliphatic carbocycles. The maximum absolute atomic E-state index is 2.59. The Bertz CT molecular complexity index is 4190. The summed E-state index contributed by atoms with van der Waals surface area (Å²) in [4.78, 5) is 4.99.